The van der Waals surface area contributed by atoms with E-state index in [1.807, 2.05) is 6.92 Å². The van der Waals surface area contributed by atoms with Crippen molar-refractivity contribution in [2.75, 3.05) is 6.54 Å². The number of hydrogen-bond acceptors (Lipinski definition) is 1. The average molecular weight is 312 g/mol. The van der Waals surface area contributed by atoms with Crippen LogP contribution in [0.15, 0.2) is 12.1 Å². The lowest BCUT2D eigenvalue weighted by atomic mass is 9.99. The Labute approximate surface area is 121 Å². The molecule has 114 valence electrons. The highest BCUT2D eigenvalue weighted by molar-refractivity contribution is 6.31. The summed E-state index contributed by atoms with van der Waals surface area (Å²) in [6, 6.07) is 2.14. The second-order valence-electron chi connectivity index (χ2n) is 4.78. The van der Waals surface area contributed by atoms with Crippen molar-refractivity contribution in [1.82, 2.24) is 5.32 Å². The number of benzene rings is 1. The van der Waals surface area contributed by atoms with E-state index >= 15 is 0 Å². The molecule has 1 N–H and O–H groups in total. The van der Waals surface area contributed by atoms with Crippen molar-refractivity contribution < 1.29 is 17.6 Å². The van der Waals surface area contributed by atoms with Crippen LogP contribution in [0.5, 0.6) is 0 Å². The molecule has 1 unspecified atom stereocenters. The van der Waals surface area contributed by atoms with Crippen molar-refractivity contribution in [3.63, 3.8) is 0 Å². The van der Waals surface area contributed by atoms with Gasteiger partial charge in [0.25, 0.3) is 0 Å². The third-order valence-electron chi connectivity index (χ3n) is 3.01. The third-order valence-corrected chi connectivity index (χ3v) is 3.34. The number of rotatable bonds is 6. The summed E-state index contributed by atoms with van der Waals surface area (Å²) in [5.74, 6) is -0.455. The van der Waals surface area contributed by atoms with Gasteiger partial charge in [0.2, 0.25) is 0 Å². The molecular weight excluding hydrogens is 294 g/mol. The molecule has 0 radical (unpaired) electrons. The van der Waals surface area contributed by atoms with Gasteiger partial charge in [0.15, 0.2) is 0 Å². The van der Waals surface area contributed by atoms with E-state index in [1.54, 1.807) is 6.92 Å². The molecule has 1 rings (SSSR count). The third kappa shape index (κ3) is 5.29. The first-order valence-electron chi connectivity index (χ1n) is 6.50. The molecule has 0 spiro atoms. The molecule has 0 heterocycles. The van der Waals surface area contributed by atoms with Crippen LogP contribution in [0.4, 0.5) is 17.6 Å². The Bertz CT molecular complexity index is 446. The molecule has 0 saturated carbocycles. The summed E-state index contributed by atoms with van der Waals surface area (Å²) in [5, 5.41) is 3.20. The van der Waals surface area contributed by atoms with Gasteiger partial charge in [-0.15, -0.1) is 0 Å². The van der Waals surface area contributed by atoms with Gasteiger partial charge in [-0.1, -0.05) is 24.6 Å². The molecule has 1 atom stereocenters. The molecule has 0 aliphatic carbocycles. The second-order valence-corrected chi connectivity index (χ2v) is 5.19. The highest BCUT2D eigenvalue weighted by atomic mass is 35.5. The Morgan fingerprint density at radius 1 is 1.30 bits per heavy atom. The van der Waals surface area contributed by atoms with Crippen LogP contribution in [0.25, 0.3) is 0 Å². The van der Waals surface area contributed by atoms with Gasteiger partial charge in [0.05, 0.1) is 0 Å². The monoisotopic (exact) mass is 311 g/mol. The molecule has 1 nitrogen and oxygen atoms in total. The van der Waals surface area contributed by atoms with Crippen molar-refractivity contribution in [3.05, 3.63) is 34.1 Å². The predicted molar refractivity (Wildman–Crippen MR) is 72.5 cm³/mol. The Morgan fingerprint density at radius 2 is 1.95 bits per heavy atom. The molecule has 6 heteroatoms. The van der Waals surface area contributed by atoms with Crippen LogP contribution in [0.2, 0.25) is 5.02 Å². The minimum Gasteiger partial charge on any atom is -0.310 e. The Balaban J connectivity index is 2.95. The second kappa shape index (κ2) is 7.27. The van der Waals surface area contributed by atoms with Gasteiger partial charge in [-0.25, -0.2) is 4.39 Å². The fourth-order valence-corrected chi connectivity index (χ4v) is 2.22. The molecule has 0 aliphatic rings. The average Bonchev–Trinajstić information content (AvgIpc) is 2.33. The lowest BCUT2D eigenvalue weighted by molar-refractivity contribution is -0.136. The maximum Gasteiger partial charge on any atom is 0.389 e. The van der Waals surface area contributed by atoms with Crippen LogP contribution >= 0.6 is 11.6 Å². The number of nitrogens with one attached hydrogen (secondary N) is 1. The summed E-state index contributed by atoms with van der Waals surface area (Å²) in [7, 11) is 0. The summed E-state index contributed by atoms with van der Waals surface area (Å²) in [4.78, 5) is 0. The predicted octanol–water partition coefficient (Wildman–Crippen LogP) is 5.17. The molecule has 1 aromatic rings. The maximum absolute atomic E-state index is 13.4. The highest BCUT2D eigenvalue weighted by Gasteiger charge is 2.29. The van der Waals surface area contributed by atoms with Gasteiger partial charge in [0, 0.05) is 17.5 Å². The maximum atomic E-state index is 13.4. The lowest BCUT2D eigenvalue weighted by Gasteiger charge is -2.21. The normalized spacial score (nSPS) is 13.6. The zero-order chi connectivity index (χ0) is 15.3. The Morgan fingerprint density at radius 3 is 2.50 bits per heavy atom. The van der Waals surface area contributed by atoms with Crippen LogP contribution in [-0.2, 0) is 0 Å². The standard InChI is InChI=1S/C14H18ClF4N/c1-3-6-20-13(4-5-14(17,18)19)10-7-9(2)12(16)8-11(10)15/h7-8,13,20H,3-6H2,1-2H3. The van der Waals surface area contributed by atoms with E-state index in [4.69, 9.17) is 11.6 Å². The molecule has 0 aromatic heterocycles. The largest absolute Gasteiger partial charge is 0.389 e. The summed E-state index contributed by atoms with van der Waals surface area (Å²) in [5.41, 5.74) is 0.892. The number of aryl methyl sites for hydroxylation is 1. The van der Waals surface area contributed by atoms with Crippen molar-refractivity contribution in [1.29, 1.82) is 0 Å². The van der Waals surface area contributed by atoms with Gasteiger partial charge in [-0.2, -0.15) is 13.2 Å². The number of halogens is 5. The first kappa shape index (κ1) is 17.2. The lowest BCUT2D eigenvalue weighted by Crippen LogP contribution is -2.24. The van der Waals surface area contributed by atoms with E-state index in [0.717, 1.165) is 12.5 Å². The van der Waals surface area contributed by atoms with Crippen molar-refractivity contribution in [2.24, 2.45) is 0 Å². The van der Waals surface area contributed by atoms with Gasteiger partial charge < -0.3 is 5.32 Å². The Kier molecular flexibility index (Phi) is 6.27. The van der Waals surface area contributed by atoms with Gasteiger partial charge in [0.1, 0.15) is 5.82 Å². The molecule has 0 bridgehead atoms. The zero-order valence-electron chi connectivity index (χ0n) is 11.5. The first-order chi connectivity index (χ1) is 9.24. The highest BCUT2D eigenvalue weighted by Crippen LogP contribution is 2.32. The van der Waals surface area contributed by atoms with E-state index in [1.165, 1.54) is 6.07 Å². The molecule has 0 aliphatic heterocycles. The molecule has 1 aromatic carbocycles. The van der Waals surface area contributed by atoms with Gasteiger partial charge in [-0.3, -0.25) is 0 Å². The van der Waals surface area contributed by atoms with E-state index in [2.05, 4.69) is 5.32 Å². The molecule has 0 saturated heterocycles. The molecular formula is C14H18ClF4N. The SMILES string of the molecule is CCCNC(CCC(F)(F)F)c1cc(C)c(F)cc1Cl. The fourth-order valence-electron chi connectivity index (χ4n) is 1.94. The summed E-state index contributed by atoms with van der Waals surface area (Å²) in [6.45, 7) is 4.07. The number of hydrogen-bond donors (Lipinski definition) is 1. The number of alkyl halides is 3. The van der Waals surface area contributed by atoms with Gasteiger partial charge >= 0.3 is 6.18 Å². The Hall–Kier alpha value is -0.810. The summed E-state index contributed by atoms with van der Waals surface area (Å²) < 4.78 is 50.5. The van der Waals surface area contributed by atoms with Crippen LogP contribution in [0.1, 0.15) is 43.4 Å². The van der Waals surface area contributed by atoms with Crippen molar-refractivity contribution in [2.45, 2.75) is 45.3 Å². The molecule has 0 fully saturated rings. The smallest absolute Gasteiger partial charge is 0.310 e. The van der Waals surface area contributed by atoms with Crippen LogP contribution in [0.3, 0.4) is 0 Å². The minimum atomic E-state index is -4.21. The van der Waals surface area contributed by atoms with Gasteiger partial charge in [-0.05, 0) is 43.5 Å². The first-order valence-corrected chi connectivity index (χ1v) is 6.88. The van der Waals surface area contributed by atoms with E-state index < -0.39 is 24.5 Å². The van der Waals surface area contributed by atoms with E-state index in [-0.39, 0.29) is 11.4 Å². The van der Waals surface area contributed by atoms with Crippen molar-refractivity contribution in [3.8, 4) is 0 Å². The molecule has 0 amide bonds. The van der Waals surface area contributed by atoms with E-state index in [0.29, 0.717) is 17.7 Å². The summed E-state index contributed by atoms with van der Waals surface area (Å²) in [6.07, 6.45) is -4.44. The van der Waals surface area contributed by atoms with Crippen LogP contribution < -0.4 is 5.32 Å². The topological polar surface area (TPSA) is 12.0 Å². The van der Waals surface area contributed by atoms with Crippen LogP contribution in [0, 0.1) is 12.7 Å². The van der Waals surface area contributed by atoms with Crippen molar-refractivity contribution >= 4 is 11.6 Å². The van der Waals surface area contributed by atoms with E-state index in [9.17, 15) is 17.6 Å². The summed E-state index contributed by atoms with van der Waals surface area (Å²) >= 11 is 5.96. The zero-order valence-corrected chi connectivity index (χ0v) is 12.2. The van der Waals surface area contributed by atoms with Crippen LogP contribution in [-0.4, -0.2) is 12.7 Å². The molecule has 20 heavy (non-hydrogen) atoms. The fraction of sp³-hybridized carbons (Fsp3) is 0.571. The quantitative estimate of drug-likeness (QED) is 0.715. The minimum absolute atomic E-state index is 0.117.